The predicted molar refractivity (Wildman–Crippen MR) is 201 cm³/mol. The van der Waals surface area contributed by atoms with Gasteiger partial charge in [0.2, 0.25) is 0 Å². The number of para-hydroxylation sites is 4. The Bertz CT molecular complexity index is 2180. The normalized spacial score (nSPS) is 13.4. The summed E-state index contributed by atoms with van der Waals surface area (Å²) >= 11 is 0. The summed E-state index contributed by atoms with van der Waals surface area (Å²) in [4.78, 5) is 4.71. The maximum atomic E-state index is 2.40. The Labute approximate surface area is 277 Å². The van der Waals surface area contributed by atoms with Crippen LogP contribution in [0.1, 0.15) is 36.1 Å². The Hall–Kier alpha value is -5.86. The molecule has 0 radical (unpaired) electrons. The van der Waals surface area contributed by atoms with Crippen molar-refractivity contribution in [2.45, 2.75) is 19.3 Å². The molecule has 0 aromatic heterocycles. The molecule has 0 N–H and O–H groups in total. The summed E-state index contributed by atoms with van der Waals surface area (Å²) < 4.78 is 0. The first-order chi connectivity index (χ1) is 23.1. The third-order valence-electron chi connectivity index (χ3n) is 9.37. The Balaban J connectivity index is 1.12. The van der Waals surface area contributed by atoms with Gasteiger partial charge in [0.1, 0.15) is 0 Å². The summed E-state index contributed by atoms with van der Waals surface area (Å²) in [6.07, 6.45) is 4.47. The Morgan fingerprint density at radius 2 is 0.979 bits per heavy atom. The summed E-state index contributed by atoms with van der Waals surface area (Å²) in [5.41, 5.74) is 12.0. The standard InChI is InChI=1S/C45H36N2/c1-45(2)41-20-12-13-21-43(41)47(39-18-10-5-11-19-39)44-29-25-34(31-42(44)45)23-22-33-24-26-36-32-40(28-27-35(36)30-33)46(37-14-6-3-7-15-37)38-16-8-4-9-17-38/h3-32H,1-2H3/b23-22+. The van der Waals surface area contributed by atoms with E-state index in [4.69, 9.17) is 0 Å². The zero-order valence-electron chi connectivity index (χ0n) is 26.7. The molecule has 0 spiro atoms. The van der Waals surface area contributed by atoms with Gasteiger partial charge in [0.15, 0.2) is 0 Å². The van der Waals surface area contributed by atoms with Crippen LogP contribution in [0.4, 0.5) is 34.1 Å². The number of nitrogens with zero attached hydrogens (tertiary/aromatic N) is 2. The lowest BCUT2D eigenvalue weighted by Gasteiger charge is -2.42. The van der Waals surface area contributed by atoms with Crippen molar-refractivity contribution in [3.8, 4) is 0 Å². The molecule has 0 fully saturated rings. The van der Waals surface area contributed by atoms with E-state index < -0.39 is 0 Å². The zero-order valence-corrected chi connectivity index (χ0v) is 26.7. The summed E-state index contributed by atoms with van der Waals surface area (Å²) in [5, 5.41) is 2.44. The molecule has 0 atom stereocenters. The van der Waals surface area contributed by atoms with Crippen molar-refractivity contribution in [2.24, 2.45) is 0 Å². The Kier molecular flexibility index (Phi) is 7.19. The molecule has 7 aromatic rings. The number of anilines is 6. The first-order valence-corrected chi connectivity index (χ1v) is 16.3. The molecule has 8 rings (SSSR count). The van der Waals surface area contributed by atoms with Gasteiger partial charge in [0.25, 0.3) is 0 Å². The molecule has 0 saturated carbocycles. The number of hydrogen-bond donors (Lipinski definition) is 0. The van der Waals surface area contributed by atoms with Gasteiger partial charge in [-0.05, 0) is 106 Å². The van der Waals surface area contributed by atoms with Gasteiger partial charge < -0.3 is 9.80 Å². The molecular formula is C45H36N2. The molecule has 0 amide bonds. The van der Waals surface area contributed by atoms with Crippen LogP contribution >= 0.6 is 0 Å². The van der Waals surface area contributed by atoms with Gasteiger partial charge in [0, 0.05) is 28.2 Å². The molecule has 1 aliphatic heterocycles. The zero-order chi connectivity index (χ0) is 31.8. The van der Waals surface area contributed by atoms with E-state index in [0.717, 1.165) is 17.1 Å². The largest absolute Gasteiger partial charge is 0.310 e. The predicted octanol–water partition coefficient (Wildman–Crippen LogP) is 12.6. The van der Waals surface area contributed by atoms with E-state index in [0.29, 0.717) is 0 Å². The summed E-state index contributed by atoms with van der Waals surface area (Å²) in [7, 11) is 0. The van der Waals surface area contributed by atoms with Crippen molar-refractivity contribution in [1.82, 2.24) is 0 Å². The molecule has 0 bridgehead atoms. The minimum Gasteiger partial charge on any atom is -0.310 e. The first kappa shape index (κ1) is 28.6. The van der Waals surface area contributed by atoms with E-state index in [2.05, 4.69) is 206 Å². The van der Waals surface area contributed by atoms with E-state index >= 15 is 0 Å². The summed E-state index contributed by atoms with van der Waals surface area (Å²) in [6.45, 7) is 4.68. The molecular weight excluding hydrogens is 569 g/mol. The fraction of sp³-hybridized carbons (Fsp3) is 0.0667. The highest BCUT2D eigenvalue weighted by molar-refractivity contribution is 5.92. The Morgan fingerprint density at radius 1 is 0.447 bits per heavy atom. The topological polar surface area (TPSA) is 6.48 Å². The number of hydrogen-bond acceptors (Lipinski definition) is 2. The average molecular weight is 605 g/mol. The summed E-state index contributed by atoms with van der Waals surface area (Å²) in [6, 6.07) is 61.0. The minimum atomic E-state index is -0.130. The average Bonchev–Trinajstić information content (AvgIpc) is 3.12. The number of fused-ring (bicyclic) bond motifs is 3. The van der Waals surface area contributed by atoms with E-state index in [1.165, 1.54) is 50.1 Å². The van der Waals surface area contributed by atoms with Crippen LogP contribution in [0, 0.1) is 0 Å². The molecule has 0 aliphatic carbocycles. The second-order valence-electron chi connectivity index (χ2n) is 12.7. The van der Waals surface area contributed by atoms with Crippen LogP contribution in [-0.4, -0.2) is 0 Å². The fourth-order valence-electron chi connectivity index (χ4n) is 6.97. The maximum Gasteiger partial charge on any atom is 0.0503 e. The Morgan fingerprint density at radius 3 is 1.68 bits per heavy atom. The number of rotatable bonds is 6. The molecule has 2 nitrogen and oxygen atoms in total. The molecule has 2 heteroatoms. The van der Waals surface area contributed by atoms with Crippen molar-refractivity contribution >= 4 is 57.0 Å². The third kappa shape index (κ3) is 5.28. The van der Waals surface area contributed by atoms with Crippen LogP contribution < -0.4 is 9.80 Å². The quantitative estimate of drug-likeness (QED) is 0.174. The molecule has 1 heterocycles. The van der Waals surface area contributed by atoms with Gasteiger partial charge in [-0.15, -0.1) is 0 Å². The van der Waals surface area contributed by atoms with E-state index in [1.54, 1.807) is 0 Å². The van der Waals surface area contributed by atoms with E-state index in [-0.39, 0.29) is 5.41 Å². The fourth-order valence-corrected chi connectivity index (χ4v) is 6.97. The van der Waals surface area contributed by atoms with Crippen LogP contribution in [0.3, 0.4) is 0 Å². The van der Waals surface area contributed by atoms with E-state index in [1.807, 2.05) is 0 Å². The van der Waals surface area contributed by atoms with Crippen LogP contribution in [0.15, 0.2) is 170 Å². The van der Waals surface area contributed by atoms with Crippen LogP contribution in [0.5, 0.6) is 0 Å². The van der Waals surface area contributed by atoms with Gasteiger partial charge in [-0.3, -0.25) is 0 Å². The summed E-state index contributed by atoms with van der Waals surface area (Å²) in [5.74, 6) is 0. The minimum absolute atomic E-state index is 0.130. The third-order valence-corrected chi connectivity index (χ3v) is 9.37. The van der Waals surface area contributed by atoms with Crippen LogP contribution in [-0.2, 0) is 5.41 Å². The SMILES string of the molecule is CC1(C)c2ccccc2N(c2ccccc2)c2ccc(/C=C/c3ccc4cc(N(c5ccccc5)c5ccccc5)ccc4c3)cc21. The van der Waals surface area contributed by atoms with Crippen molar-refractivity contribution < 1.29 is 0 Å². The van der Waals surface area contributed by atoms with E-state index in [9.17, 15) is 0 Å². The second-order valence-corrected chi connectivity index (χ2v) is 12.7. The lowest BCUT2D eigenvalue weighted by molar-refractivity contribution is 0.631. The maximum absolute atomic E-state index is 2.40. The van der Waals surface area contributed by atoms with Gasteiger partial charge in [-0.1, -0.05) is 123 Å². The van der Waals surface area contributed by atoms with Crippen molar-refractivity contribution in [1.29, 1.82) is 0 Å². The highest BCUT2D eigenvalue weighted by Crippen LogP contribution is 2.52. The van der Waals surface area contributed by atoms with Crippen molar-refractivity contribution in [3.05, 3.63) is 192 Å². The monoisotopic (exact) mass is 604 g/mol. The molecule has 226 valence electrons. The lowest BCUT2D eigenvalue weighted by Crippen LogP contribution is -2.30. The number of benzene rings is 7. The van der Waals surface area contributed by atoms with Crippen LogP contribution in [0.25, 0.3) is 22.9 Å². The van der Waals surface area contributed by atoms with Gasteiger partial charge >= 0.3 is 0 Å². The molecule has 1 aliphatic rings. The second kappa shape index (κ2) is 11.8. The molecule has 0 saturated heterocycles. The smallest absolute Gasteiger partial charge is 0.0503 e. The van der Waals surface area contributed by atoms with Crippen molar-refractivity contribution in [2.75, 3.05) is 9.80 Å². The lowest BCUT2D eigenvalue weighted by atomic mass is 9.73. The van der Waals surface area contributed by atoms with Gasteiger partial charge in [-0.25, -0.2) is 0 Å². The highest BCUT2D eigenvalue weighted by Gasteiger charge is 2.36. The molecule has 7 aromatic carbocycles. The first-order valence-electron chi connectivity index (χ1n) is 16.3. The van der Waals surface area contributed by atoms with Crippen molar-refractivity contribution in [3.63, 3.8) is 0 Å². The van der Waals surface area contributed by atoms with Crippen LogP contribution in [0.2, 0.25) is 0 Å². The molecule has 47 heavy (non-hydrogen) atoms. The van der Waals surface area contributed by atoms with Gasteiger partial charge in [0.05, 0.1) is 11.4 Å². The van der Waals surface area contributed by atoms with Gasteiger partial charge in [-0.2, -0.15) is 0 Å². The highest BCUT2D eigenvalue weighted by atomic mass is 15.2. The molecule has 0 unspecified atom stereocenters.